The summed E-state index contributed by atoms with van der Waals surface area (Å²) >= 11 is 0. The van der Waals surface area contributed by atoms with Crippen LogP contribution in [0.1, 0.15) is 178 Å². The van der Waals surface area contributed by atoms with Gasteiger partial charge < -0.3 is 0 Å². The van der Waals surface area contributed by atoms with Gasteiger partial charge in [0.15, 0.2) is 0 Å². The summed E-state index contributed by atoms with van der Waals surface area (Å²) in [4.78, 5) is 0. The van der Waals surface area contributed by atoms with Crippen LogP contribution in [-0.4, -0.2) is 7.28 Å². The molecule has 0 amide bonds. The SMILES string of the molecule is CC(C)CCCCC1C(C)CC(C(C)C2CC[B]CC(C)(C)C(C)(C)CCC2)C(C2CCCCC2C)C1C1CCCCC1. The highest BCUT2D eigenvalue weighted by molar-refractivity contribution is 6.35. The van der Waals surface area contributed by atoms with Crippen molar-refractivity contribution in [2.75, 3.05) is 0 Å². The second-order valence-corrected chi connectivity index (χ2v) is 19.0. The number of unbranched alkanes of at least 4 members (excludes halogenated alkanes) is 1. The maximum atomic E-state index is 2.80. The first-order valence-corrected chi connectivity index (χ1v) is 20.2. The summed E-state index contributed by atoms with van der Waals surface area (Å²) in [6.45, 7) is 23.3. The Morgan fingerprint density at radius 2 is 1.40 bits per heavy atom. The van der Waals surface area contributed by atoms with Gasteiger partial charge in [0.25, 0.3) is 0 Å². The van der Waals surface area contributed by atoms with E-state index >= 15 is 0 Å². The van der Waals surface area contributed by atoms with Crippen LogP contribution < -0.4 is 0 Å². The van der Waals surface area contributed by atoms with E-state index in [-0.39, 0.29) is 0 Å². The molecule has 43 heavy (non-hydrogen) atoms. The molecule has 1 saturated heterocycles. The zero-order chi connectivity index (χ0) is 31.2. The van der Waals surface area contributed by atoms with E-state index in [9.17, 15) is 0 Å². The highest BCUT2D eigenvalue weighted by Gasteiger charge is 2.51. The lowest BCUT2D eigenvalue weighted by molar-refractivity contribution is -0.0830. The number of rotatable bonds is 9. The van der Waals surface area contributed by atoms with Crippen LogP contribution in [0.15, 0.2) is 0 Å². The largest absolute Gasteiger partial charge is 0.110 e. The predicted molar refractivity (Wildman–Crippen MR) is 193 cm³/mol. The van der Waals surface area contributed by atoms with Crippen molar-refractivity contribution in [1.82, 2.24) is 0 Å². The Hall–Kier alpha value is 0.0649. The van der Waals surface area contributed by atoms with Gasteiger partial charge >= 0.3 is 0 Å². The van der Waals surface area contributed by atoms with Crippen LogP contribution in [0.25, 0.3) is 0 Å². The van der Waals surface area contributed by atoms with Gasteiger partial charge in [0, 0.05) is 0 Å². The summed E-state index contributed by atoms with van der Waals surface area (Å²) in [5.74, 6) is 10.6. The molecule has 0 spiro atoms. The topological polar surface area (TPSA) is 0 Å². The predicted octanol–water partition coefficient (Wildman–Crippen LogP) is 13.5. The molecule has 4 rings (SSSR count). The fourth-order valence-electron chi connectivity index (χ4n) is 11.6. The Balaban J connectivity index is 1.62. The molecule has 0 aromatic carbocycles. The Morgan fingerprint density at radius 1 is 0.698 bits per heavy atom. The lowest BCUT2D eigenvalue weighted by Gasteiger charge is -2.57. The number of hydrogen-bond acceptors (Lipinski definition) is 0. The third-order valence-corrected chi connectivity index (χ3v) is 15.3. The van der Waals surface area contributed by atoms with E-state index in [0.717, 1.165) is 65.1 Å². The minimum Gasteiger partial charge on any atom is -0.0800 e. The summed E-state index contributed by atoms with van der Waals surface area (Å²) < 4.78 is 0. The summed E-state index contributed by atoms with van der Waals surface area (Å²) in [6.07, 6.45) is 29.7. The van der Waals surface area contributed by atoms with Gasteiger partial charge in [-0.05, 0) is 102 Å². The standard InChI is InChI=1S/C42H78B/c1-30(2)18-13-15-24-37-32(4)28-38(33(5)34-22-17-26-41(6,7)42(8,9)29-43-27-25-34)40(36-23-16-14-19-31(36)3)39(37)35-20-11-10-12-21-35/h30-40H,10-29H2,1-9H3. The molecule has 3 saturated carbocycles. The quantitative estimate of drug-likeness (QED) is 0.184. The van der Waals surface area contributed by atoms with Crippen molar-refractivity contribution in [2.24, 2.45) is 75.9 Å². The van der Waals surface area contributed by atoms with Gasteiger partial charge in [0.2, 0.25) is 0 Å². The van der Waals surface area contributed by atoms with Crippen molar-refractivity contribution in [2.45, 2.75) is 191 Å². The molecule has 0 nitrogen and oxygen atoms in total. The zero-order valence-electron chi connectivity index (χ0n) is 31.1. The molecule has 9 unspecified atom stereocenters. The first kappa shape index (κ1) is 35.9. The first-order valence-electron chi connectivity index (χ1n) is 20.2. The zero-order valence-corrected chi connectivity index (χ0v) is 31.1. The van der Waals surface area contributed by atoms with Crippen molar-refractivity contribution in [3.63, 3.8) is 0 Å². The number of hydrogen-bond donors (Lipinski definition) is 0. The fraction of sp³-hybridized carbons (Fsp3) is 1.00. The molecule has 1 aliphatic heterocycles. The first-order chi connectivity index (χ1) is 20.4. The summed E-state index contributed by atoms with van der Waals surface area (Å²) in [7, 11) is 2.72. The molecule has 4 aliphatic rings. The lowest BCUT2D eigenvalue weighted by Crippen LogP contribution is -2.50. The molecule has 1 heteroatoms. The summed E-state index contributed by atoms with van der Waals surface area (Å²) in [5.41, 5.74) is 0.854. The Kier molecular flexibility index (Phi) is 13.6. The highest BCUT2D eigenvalue weighted by Crippen LogP contribution is 2.59. The molecule has 1 radical (unpaired) electrons. The second kappa shape index (κ2) is 16.3. The Morgan fingerprint density at radius 3 is 2.09 bits per heavy atom. The fourth-order valence-corrected chi connectivity index (χ4v) is 11.6. The Bertz CT molecular complexity index is 789. The van der Waals surface area contributed by atoms with Crippen LogP contribution in [0.5, 0.6) is 0 Å². The maximum Gasteiger partial charge on any atom is 0.110 e. The monoisotopic (exact) mass is 594 g/mol. The molecular formula is C42H78B. The molecule has 249 valence electrons. The van der Waals surface area contributed by atoms with E-state index < -0.39 is 0 Å². The molecule has 0 aromatic heterocycles. The van der Waals surface area contributed by atoms with Crippen molar-refractivity contribution in [3.05, 3.63) is 0 Å². The van der Waals surface area contributed by atoms with Gasteiger partial charge in [-0.1, -0.05) is 165 Å². The molecule has 0 bridgehead atoms. The van der Waals surface area contributed by atoms with Crippen LogP contribution in [0.3, 0.4) is 0 Å². The van der Waals surface area contributed by atoms with Crippen LogP contribution in [0.4, 0.5) is 0 Å². The lowest BCUT2D eigenvalue weighted by atomic mass is 9.47. The second-order valence-electron chi connectivity index (χ2n) is 19.0. The van der Waals surface area contributed by atoms with Crippen LogP contribution in [-0.2, 0) is 0 Å². The summed E-state index contributed by atoms with van der Waals surface area (Å²) in [6, 6.07) is 0. The molecule has 4 fully saturated rings. The van der Waals surface area contributed by atoms with Gasteiger partial charge in [0.05, 0.1) is 0 Å². The van der Waals surface area contributed by atoms with E-state index in [1.54, 1.807) is 25.7 Å². The van der Waals surface area contributed by atoms with Crippen molar-refractivity contribution in [3.8, 4) is 0 Å². The van der Waals surface area contributed by atoms with E-state index in [2.05, 4.69) is 69.6 Å². The highest BCUT2D eigenvalue weighted by atomic mass is 14.6. The van der Waals surface area contributed by atoms with E-state index in [4.69, 9.17) is 0 Å². The Labute approximate surface area is 273 Å². The molecule has 9 atom stereocenters. The smallest absolute Gasteiger partial charge is 0.0800 e. The third-order valence-electron chi connectivity index (χ3n) is 15.3. The molecular weight excluding hydrogens is 515 g/mol. The van der Waals surface area contributed by atoms with Crippen molar-refractivity contribution in [1.29, 1.82) is 0 Å². The third kappa shape index (κ3) is 9.12. The van der Waals surface area contributed by atoms with Crippen LogP contribution in [0.2, 0.25) is 12.6 Å². The molecule has 0 aromatic rings. The van der Waals surface area contributed by atoms with E-state index in [1.165, 1.54) is 103 Å². The van der Waals surface area contributed by atoms with Crippen molar-refractivity contribution >= 4 is 7.28 Å². The van der Waals surface area contributed by atoms with E-state index in [1.807, 2.05) is 0 Å². The maximum absolute atomic E-state index is 2.80. The van der Waals surface area contributed by atoms with Gasteiger partial charge in [-0.25, -0.2) is 0 Å². The van der Waals surface area contributed by atoms with Gasteiger partial charge in [-0.3, -0.25) is 0 Å². The van der Waals surface area contributed by atoms with Crippen molar-refractivity contribution < 1.29 is 0 Å². The van der Waals surface area contributed by atoms with Gasteiger partial charge in [0.1, 0.15) is 7.28 Å². The van der Waals surface area contributed by atoms with E-state index in [0.29, 0.717) is 10.8 Å². The molecule has 1 heterocycles. The normalized spacial score (nSPS) is 38.7. The minimum absolute atomic E-state index is 0.421. The van der Waals surface area contributed by atoms with Gasteiger partial charge in [-0.15, -0.1) is 0 Å². The average molecular weight is 594 g/mol. The minimum atomic E-state index is 0.421. The van der Waals surface area contributed by atoms with Gasteiger partial charge in [-0.2, -0.15) is 0 Å². The molecule has 0 N–H and O–H groups in total. The molecule has 3 aliphatic carbocycles. The van der Waals surface area contributed by atoms with Crippen LogP contribution in [0, 0.1) is 75.9 Å². The average Bonchev–Trinajstić information content (AvgIpc) is 2.96. The van der Waals surface area contributed by atoms with Crippen LogP contribution >= 0.6 is 0 Å². The summed E-state index contributed by atoms with van der Waals surface area (Å²) in [5, 5.41) is 0.